The van der Waals surface area contributed by atoms with Crippen LogP contribution in [0.4, 0.5) is 0 Å². The van der Waals surface area contributed by atoms with Crippen LogP contribution < -0.4 is 9.47 Å². The molecule has 6 heteroatoms. The van der Waals surface area contributed by atoms with Gasteiger partial charge in [0.05, 0.1) is 18.7 Å². The van der Waals surface area contributed by atoms with Gasteiger partial charge in [0.15, 0.2) is 5.41 Å². The van der Waals surface area contributed by atoms with Crippen molar-refractivity contribution in [1.29, 1.82) is 0 Å². The zero-order chi connectivity index (χ0) is 23.1. The Balaban J connectivity index is 2.51. The summed E-state index contributed by atoms with van der Waals surface area (Å²) >= 11 is 6.17. The molecule has 0 aliphatic rings. The van der Waals surface area contributed by atoms with Gasteiger partial charge >= 0.3 is 11.9 Å². The molecule has 0 saturated heterocycles. The van der Waals surface area contributed by atoms with E-state index in [1.54, 1.807) is 32.0 Å². The maximum Gasteiger partial charge on any atom is 0.328 e. The van der Waals surface area contributed by atoms with Gasteiger partial charge in [0.25, 0.3) is 0 Å². The van der Waals surface area contributed by atoms with Crippen LogP contribution in [-0.2, 0) is 14.3 Å². The maximum absolute atomic E-state index is 12.9. The summed E-state index contributed by atoms with van der Waals surface area (Å²) in [5, 5.41) is 0.247. The van der Waals surface area contributed by atoms with E-state index >= 15 is 0 Å². The normalized spacial score (nSPS) is 11.3. The van der Waals surface area contributed by atoms with Gasteiger partial charge in [0.1, 0.15) is 11.5 Å². The summed E-state index contributed by atoms with van der Waals surface area (Å²) in [7, 11) is 1.53. The molecule has 1 aromatic rings. The van der Waals surface area contributed by atoms with E-state index in [0.717, 1.165) is 19.3 Å². The molecule has 0 aliphatic carbocycles. The highest BCUT2D eigenvalue weighted by Gasteiger charge is 2.46. The number of carbonyl (C=O) groups is 2. The van der Waals surface area contributed by atoms with Crippen molar-refractivity contribution in [3.63, 3.8) is 0 Å². The molecule has 0 unspecified atom stereocenters. The van der Waals surface area contributed by atoms with Crippen LogP contribution in [0, 0.1) is 5.41 Å². The van der Waals surface area contributed by atoms with Crippen molar-refractivity contribution in [2.75, 3.05) is 13.7 Å². The second-order valence-corrected chi connectivity index (χ2v) is 8.35. The highest BCUT2D eigenvalue weighted by atomic mass is 35.5. The summed E-state index contributed by atoms with van der Waals surface area (Å²) in [5.74, 6) is -0.402. The molecule has 5 nitrogen and oxygen atoms in total. The van der Waals surface area contributed by atoms with Gasteiger partial charge < -0.3 is 14.2 Å². The number of hydrogen-bond donors (Lipinski definition) is 0. The highest BCUT2D eigenvalue weighted by Crippen LogP contribution is 2.34. The van der Waals surface area contributed by atoms with Crippen LogP contribution >= 0.6 is 11.6 Å². The molecule has 0 aromatic heterocycles. The van der Waals surface area contributed by atoms with Gasteiger partial charge in [-0.3, -0.25) is 9.59 Å². The van der Waals surface area contributed by atoms with E-state index in [1.807, 2.05) is 0 Å². The number of unbranched alkanes of at least 4 members (excludes halogenated alkanes) is 8. The van der Waals surface area contributed by atoms with Crippen LogP contribution in [-0.4, -0.2) is 25.7 Å². The van der Waals surface area contributed by atoms with Gasteiger partial charge in [0.2, 0.25) is 0 Å². The Morgan fingerprint density at radius 2 is 1.45 bits per heavy atom. The summed E-state index contributed by atoms with van der Waals surface area (Å²) in [6.07, 6.45) is 11.3. The number of ether oxygens (including phenoxy) is 3. The summed E-state index contributed by atoms with van der Waals surface area (Å²) in [5.41, 5.74) is -1.33. The van der Waals surface area contributed by atoms with Crippen molar-refractivity contribution >= 4 is 23.5 Å². The van der Waals surface area contributed by atoms with E-state index in [0.29, 0.717) is 25.2 Å². The Morgan fingerprint density at radius 1 is 0.871 bits per heavy atom. The first-order chi connectivity index (χ1) is 14.9. The predicted molar refractivity (Wildman–Crippen MR) is 125 cm³/mol. The standard InChI is InChI=1S/C25H39ClO5/c1-5-8-9-10-11-12-13-14-15-18-30-23(27)25(6-2,7-3)24(28)31-22-17-16-20(29-4)19-21(22)26/h16-17,19H,5-15,18H2,1-4H3. The molecule has 0 saturated carbocycles. The largest absolute Gasteiger partial charge is 0.497 e. The summed E-state index contributed by atoms with van der Waals surface area (Å²) in [6.45, 7) is 6.13. The van der Waals surface area contributed by atoms with Crippen LogP contribution in [0.15, 0.2) is 18.2 Å². The number of halogens is 1. The molecule has 0 spiro atoms. The maximum atomic E-state index is 12.9. The fourth-order valence-electron chi connectivity index (χ4n) is 3.52. The van der Waals surface area contributed by atoms with Gasteiger partial charge in [-0.05, 0) is 31.4 Å². The van der Waals surface area contributed by atoms with E-state index in [4.69, 9.17) is 25.8 Å². The first-order valence-corrected chi connectivity index (χ1v) is 12.1. The minimum atomic E-state index is -1.33. The van der Waals surface area contributed by atoms with Gasteiger partial charge in [-0.2, -0.15) is 0 Å². The fraction of sp³-hybridized carbons (Fsp3) is 0.680. The molecule has 1 rings (SSSR count). The van der Waals surface area contributed by atoms with E-state index in [2.05, 4.69) is 6.92 Å². The molecular formula is C25H39ClO5. The molecule has 31 heavy (non-hydrogen) atoms. The molecule has 0 N–H and O–H groups in total. The lowest BCUT2D eigenvalue weighted by atomic mass is 9.82. The van der Waals surface area contributed by atoms with Gasteiger partial charge in [0, 0.05) is 6.07 Å². The third-order valence-corrected chi connectivity index (χ3v) is 6.11. The first-order valence-electron chi connectivity index (χ1n) is 11.7. The van der Waals surface area contributed by atoms with Crippen LogP contribution in [0.25, 0.3) is 0 Å². The van der Waals surface area contributed by atoms with Gasteiger partial charge in [-0.1, -0.05) is 83.7 Å². The smallest absolute Gasteiger partial charge is 0.328 e. The first kappa shape index (κ1) is 27.3. The topological polar surface area (TPSA) is 61.8 Å². The Kier molecular flexibility index (Phi) is 13.3. The highest BCUT2D eigenvalue weighted by molar-refractivity contribution is 6.32. The Labute approximate surface area is 192 Å². The van der Waals surface area contributed by atoms with Crippen LogP contribution in [0.3, 0.4) is 0 Å². The molecule has 0 heterocycles. The fourth-order valence-corrected chi connectivity index (χ4v) is 3.72. The SMILES string of the molecule is CCCCCCCCCCCOC(=O)C(CC)(CC)C(=O)Oc1ccc(OC)cc1Cl. The molecule has 0 atom stereocenters. The lowest BCUT2D eigenvalue weighted by Crippen LogP contribution is -2.42. The van der Waals surface area contributed by atoms with E-state index in [-0.39, 0.29) is 10.8 Å². The Hall–Kier alpha value is -1.75. The average molecular weight is 455 g/mol. The number of rotatable bonds is 16. The lowest BCUT2D eigenvalue weighted by molar-refractivity contribution is -0.168. The van der Waals surface area contributed by atoms with Crippen molar-refractivity contribution in [3.8, 4) is 11.5 Å². The summed E-state index contributed by atoms with van der Waals surface area (Å²) in [6, 6.07) is 4.77. The zero-order valence-corrected chi connectivity index (χ0v) is 20.4. The van der Waals surface area contributed by atoms with Gasteiger partial charge in [-0.15, -0.1) is 0 Å². The quantitative estimate of drug-likeness (QED) is 0.115. The van der Waals surface area contributed by atoms with Crippen LogP contribution in [0.5, 0.6) is 11.5 Å². The predicted octanol–water partition coefficient (Wildman–Crippen LogP) is 7.13. The van der Waals surface area contributed by atoms with E-state index in [9.17, 15) is 9.59 Å². The molecule has 0 bridgehead atoms. The molecule has 0 radical (unpaired) electrons. The minimum Gasteiger partial charge on any atom is -0.497 e. The monoisotopic (exact) mass is 454 g/mol. The Bertz CT molecular complexity index is 670. The molecule has 0 aliphatic heterocycles. The number of benzene rings is 1. The number of hydrogen-bond acceptors (Lipinski definition) is 5. The van der Waals surface area contributed by atoms with Crippen molar-refractivity contribution in [2.24, 2.45) is 5.41 Å². The minimum absolute atomic E-state index is 0.200. The molecule has 0 fully saturated rings. The second kappa shape index (κ2) is 15.1. The Morgan fingerprint density at radius 3 is 1.97 bits per heavy atom. The van der Waals surface area contributed by atoms with Crippen molar-refractivity contribution in [3.05, 3.63) is 23.2 Å². The number of methoxy groups -OCH3 is 1. The summed E-state index contributed by atoms with van der Waals surface area (Å²) in [4.78, 5) is 25.7. The van der Waals surface area contributed by atoms with Crippen molar-refractivity contribution in [1.82, 2.24) is 0 Å². The summed E-state index contributed by atoms with van der Waals surface area (Å²) < 4.78 is 16.1. The zero-order valence-electron chi connectivity index (χ0n) is 19.6. The molecule has 0 amide bonds. The second-order valence-electron chi connectivity index (χ2n) is 7.94. The number of carbonyl (C=O) groups excluding carboxylic acids is 2. The third-order valence-electron chi connectivity index (χ3n) is 5.81. The molecule has 176 valence electrons. The molecular weight excluding hydrogens is 416 g/mol. The van der Waals surface area contributed by atoms with Crippen LogP contribution in [0.1, 0.15) is 91.4 Å². The molecule has 1 aromatic carbocycles. The van der Waals surface area contributed by atoms with Crippen molar-refractivity contribution in [2.45, 2.75) is 91.4 Å². The van der Waals surface area contributed by atoms with Gasteiger partial charge in [-0.25, -0.2) is 0 Å². The van der Waals surface area contributed by atoms with Crippen molar-refractivity contribution < 1.29 is 23.8 Å². The average Bonchev–Trinajstić information content (AvgIpc) is 2.77. The van der Waals surface area contributed by atoms with E-state index < -0.39 is 17.4 Å². The number of esters is 2. The third kappa shape index (κ3) is 8.72. The van der Waals surface area contributed by atoms with Crippen LogP contribution in [0.2, 0.25) is 5.02 Å². The lowest BCUT2D eigenvalue weighted by Gasteiger charge is -2.27. The van der Waals surface area contributed by atoms with E-state index in [1.165, 1.54) is 45.6 Å².